The molecule has 3 nitrogen and oxygen atoms in total. The first-order chi connectivity index (χ1) is 9.91. The van der Waals surface area contributed by atoms with Gasteiger partial charge in [0, 0.05) is 19.2 Å². The van der Waals surface area contributed by atoms with Gasteiger partial charge in [0.15, 0.2) is 0 Å². The number of rotatable bonds is 4. The van der Waals surface area contributed by atoms with Gasteiger partial charge in [-0.05, 0) is 69.4 Å². The maximum absolute atomic E-state index is 6.06. The fourth-order valence-corrected chi connectivity index (χ4v) is 4.22. The van der Waals surface area contributed by atoms with E-state index in [1.165, 1.54) is 38.5 Å². The third-order valence-corrected chi connectivity index (χ3v) is 5.82. The fourth-order valence-electron chi connectivity index (χ4n) is 4.22. The van der Waals surface area contributed by atoms with Crippen molar-refractivity contribution in [2.75, 3.05) is 26.7 Å². The van der Waals surface area contributed by atoms with E-state index in [1.807, 2.05) is 0 Å². The standard InChI is InChI=1S/C18H36N2O/c1-18(2,3)15-9-8-14(12-19)17(11-15)20(4)13-16-7-5-6-10-21-16/h14-17H,5-13,19H2,1-4H3. The third kappa shape index (κ3) is 4.67. The number of ether oxygens (including phenoxy) is 1. The van der Waals surface area contributed by atoms with Crippen molar-refractivity contribution in [1.82, 2.24) is 4.90 Å². The summed E-state index contributed by atoms with van der Waals surface area (Å²) in [6.07, 6.45) is 8.17. The van der Waals surface area contributed by atoms with Crippen LogP contribution in [0.5, 0.6) is 0 Å². The molecule has 3 heteroatoms. The molecule has 4 atom stereocenters. The van der Waals surface area contributed by atoms with Crippen LogP contribution >= 0.6 is 0 Å². The van der Waals surface area contributed by atoms with Crippen LogP contribution in [0.1, 0.15) is 59.3 Å². The summed E-state index contributed by atoms with van der Waals surface area (Å²) in [5.74, 6) is 1.48. The molecule has 124 valence electrons. The summed E-state index contributed by atoms with van der Waals surface area (Å²) in [7, 11) is 2.29. The fraction of sp³-hybridized carbons (Fsp3) is 1.00. The molecule has 0 bridgehead atoms. The van der Waals surface area contributed by atoms with Crippen molar-refractivity contribution in [2.24, 2.45) is 23.0 Å². The van der Waals surface area contributed by atoms with Crippen molar-refractivity contribution in [2.45, 2.75) is 71.4 Å². The first kappa shape index (κ1) is 17.2. The zero-order chi connectivity index (χ0) is 15.5. The molecule has 1 saturated heterocycles. The zero-order valence-corrected chi connectivity index (χ0v) is 14.6. The number of hydrogen-bond acceptors (Lipinski definition) is 3. The maximum atomic E-state index is 6.06. The first-order valence-corrected chi connectivity index (χ1v) is 8.93. The molecule has 1 heterocycles. The van der Waals surface area contributed by atoms with Gasteiger partial charge in [-0.1, -0.05) is 20.8 Å². The molecule has 0 radical (unpaired) electrons. The molecule has 0 spiro atoms. The molecule has 1 aliphatic heterocycles. The highest BCUT2D eigenvalue weighted by Crippen LogP contribution is 2.41. The van der Waals surface area contributed by atoms with Crippen molar-refractivity contribution in [3.05, 3.63) is 0 Å². The minimum absolute atomic E-state index is 0.417. The average molecular weight is 296 g/mol. The van der Waals surface area contributed by atoms with Gasteiger partial charge in [-0.25, -0.2) is 0 Å². The van der Waals surface area contributed by atoms with Gasteiger partial charge in [0.2, 0.25) is 0 Å². The van der Waals surface area contributed by atoms with Gasteiger partial charge >= 0.3 is 0 Å². The van der Waals surface area contributed by atoms with E-state index < -0.39 is 0 Å². The van der Waals surface area contributed by atoms with E-state index in [-0.39, 0.29) is 0 Å². The quantitative estimate of drug-likeness (QED) is 0.865. The van der Waals surface area contributed by atoms with Crippen LogP contribution in [-0.4, -0.2) is 43.8 Å². The Morgan fingerprint density at radius 3 is 2.48 bits per heavy atom. The second kappa shape index (κ2) is 7.43. The molecule has 21 heavy (non-hydrogen) atoms. The molecule has 0 amide bonds. The van der Waals surface area contributed by atoms with Gasteiger partial charge in [0.05, 0.1) is 6.10 Å². The van der Waals surface area contributed by atoms with Gasteiger partial charge in [-0.15, -0.1) is 0 Å². The number of nitrogens with zero attached hydrogens (tertiary/aromatic N) is 1. The lowest BCUT2D eigenvalue weighted by atomic mass is 9.67. The van der Waals surface area contributed by atoms with Gasteiger partial charge < -0.3 is 15.4 Å². The highest BCUT2D eigenvalue weighted by Gasteiger charge is 2.37. The predicted octanol–water partition coefficient (Wildman–Crippen LogP) is 3.28. The molecule has 0 aromatic carbocycles. The minimum atomic E-state index is 0.417. The lowest BCUT2D eigenvalue weighted by molar-refractivity contribution is -0.0244. The maximum Gasteiger partial charge on any atom is 0.0702 e. The van der Waals surface area contributed by atoms with Crippen LogP contribution in [0, 0.1) is 17.3 Å². The summed E-state index contributed by atoms with van der Waals surface area (Å²) in [6, 6.07) is 0.638. The van der Waals surface area contributed by atoms with Gasteiger partial charge in [-0.2, -0.15) is 0 Å². The summed E-state index contributed by atoms with van der Waals surface area (Å²) < 4.78 is 5.93. The molecule has 2 aliphatic rings. The topological polar surface area (TPSA) is 38.5 Å². The van der Waals surface area contributed by atoms with Crippen molar-refractivity contribution in [1.29, 1.82) is 0 Å². The van der Waals surface area contributed by atoms with E-state index in [1.54, 1.807) is 0 Å². The Bertz CT molecular complexity index is 307. The molecule has 0 aromatic rings. The monoisotopic (exact) mass is 296 g/mol. The Balaban J connectivity index is 1.95. The van der Waals surface area contributed by atoms with Crippen molar-refractivity contribution >= 4 is 0 Å². The lowest BCUT2D eigenvalue weighted by Crippen LogP contribution is -2.49. The Morgan fingerprint density at radius 1 is 1.14 bits per heavy atom. The molecule has 2 rings (SSSR count). The summed E-state index contributed by atoms with van der Waals surface area (Å²) in [5, 5.41) is 0. The van der Waals surface area contributed by atoms with Crippen LogP contribution in [0.15, 0.2) is 0 Å². The van der Waals surface area contributed by atoms with Crippen LogP contribution in [-0.2, 0) is 4.74 Å². The third-order valence-electron chi connectivity index (χ3n) is 5.82. The SMILES string of the molecule is CN(CC1CCCCO1)C1CC(C(C)(C)C)CCC1CN. The van der Waals surface area contributed by atoms with E-state index in [4.69, 9.17) is 10.5 Å². The van der Waals surface area contributed by atoms with Crippen LogP contribution < -0.4 is 5.73 Å². The highest BCUT2D eigenvalue weighted by atomic mass is 16.5. The van der Waals surface area contributed by atoms with E-state index in [0.29, 0.717) is 23.5 Å². The summed E-state index contributed by atoms with van der Waals surface area (Å²) in [5.41, 5.74) is 6.48. The number of hydrogen-bond donors (Lipinski definition) is 1. The summed E-state index contributed by atoms with van der Waals surface area (Å²) >= 11 is 0. The second-order valence-electron chi connectivity index (χ2n) is 8.37. The van der Waals surface area contributed by atoms with E-state index in [0.717, 1.165) is 25.6 Å². The smallest absolute Gasteiger partial charge is 0.0702 e. The Kier molecular flexibility index (Phi) is 6.10. The van der Waals surface area contributed by atoms with Crippen LogP contribution in [0.3, 0.4) is 0 Å². The lowest BCUT2D eigenvalue weighted by Gasteiger charge is -2.46. The van der Waals surface area contributed by atoms with Crippen LogP contribution in [0.25, 0.3) is 0 Å². The van der Waals surface area contributed by atoms with E-state index in [2.05, 4.69) is 32.7 Å². The Morgan fingerprint density at radius 2 is 1.90 bits per heavy atom. The van der Waals surface area contributed by atoms with Crippen molar-refractivity contribution in [3.63, 3.8) is 0 Å². The molecule has 2 fully saturated rings. The largest absolute Gasteiger partial charge is 0.377 e. The Hall–Kier alpha value is -0.120. The molecule has 2 N–H and O–H groups in total. The van der Waals surface area contributed by atoms with E-state index >= 15 is 0 Å². The summed E-state index contributed by atoms with van der Waals surface area (Å²) in [4.78, 5) is 2.56. The first-order valence-electron chi connectivity index (χ1n) is 8.93. The molecule has 4 unspecified atom stereocenters. The van der Waals surface area contributed by atoms with Crippen molar-refractivity contribution < 1.29 is 4.74 Å². The number of likely N-dealkylation sites (N-methyl/N-ethyl adjacent to an activating group) is 1. The highest BCUT2D eigenvalue weighted by molar-refractivity contribution is 4.91. The van der Waals surface area contributed by atoms with Gasteiger partial charge in [0.1, 0.15) is 0 Å². The normalized spacial score (nSPS) is 35.1. The minimum Gasteiger partial charge on any atom is -0.377 e. The molecule has 1 saturated carbocycles. The van der Waals surface area contributed by atoms with Crippen LogP contribution in [0.2, 0.25) is 0 Å². The molecular formula is C18H36N2O. The summed E-state index contributed by atoms with van der Waals surface area (Å²) in [6.45, 7) is 10.0. The van der Waals surface area contributed by atoms with Crippen LogP contribution in [0.4, 0.5) is 0 Å². The molecule has 1 aliphatic carbocycles. The second-order valence-corrected chi connectivity index (χ2v) is 8.37. The zero-order valence-electron chi connectivity index (χ0n) is 14.6. The number of nitrogens with two attached hydrogens (primary N) is 1. The predicted molar refractivity (Wildman–Crippen MR) is 89.3 cm³/mol. The molecule has 0 aromatic heterocycles. The molecular weight excluding hydrogens is 260 g/mol. The van der Waals surface area contributed by atoms with Gasteiger partial charge in [0.25, 0.3) is 0 Å². The van der Waals surface area contributed by atoms with E-state index in [9.17, 15) is 0 Å². The average Bonchev–Trinajstić information content (AvgIpc) is 2.46. The Labute approximate surface area is 131 Å². The van der Waals surface area contributed by atoms with Gasteiger partial charge in [-0.3, -0.25) is 0 Å². The van der Waals surface area contributed by atoms with Crippen molar-refractivity contribution in [3.8, 4) is 0 Å².